The van der Waals surface area contributed by atoms with E-state index in [-0.39, 0.29) is 44.1 Å². The minimum atomic E-state index is -2.22. The van der Waals surface area contributed by atoms with Crippen molar-refractivity contribution in [2.24, 2.45) is 10.8 Å². The summed E-state index contributed by atoms with van der Waals surface area (Å²) in [7, 11) is 2.44. The van der Waals surface area contributed by atoms with Crippen LogP contribution in [0.2, 0.25) is 0 Å². The molecule has 0 amide bonds. The van der Waals surface area contributed by atoms with Gasteiger partial charge in [-0.15, -0.1) is 6.58 Å². The second-order valence-corrected chi connectivity index (χ2v) is 18.7. The number of hydrogen-bond acceptors (Lipinski definition) is 17. The number of aliphatic hydroxyl groups excluding tert-OH is 2. The van der Waals surface area contributed by atoms with Crippen molar-refractivity contribution < 1.29 is 82.3 Å². The first-order valence-corrected chi connectivity index (χ1v) is 22.2. The van der Waals surface area contributed by atoms with Crippen LogP contribution in [0.15, 0.2) is 60.3 Å². The van der Waals surface area contributed by atoms with Crippen LogP contribution >= 0.6 is 0 Å². The summed E-state index contributed by atoms with van der Waals surface area (Å²) in [5.74, 6) is -7.84. The van der Waals surface area contributed by atoms with E-state index in [1.165, 1.54) is 46.3 Å². The van der Waals surface area contributed by atoms with Crippen molar-refractivity contribution in [1.29, 1.82) is 0 Å². The largest absolute Gasteiger partial charge is 0.466 e. The lowest BCUT2D eigenvalue weighted by atomic mass is 9.70. The first-order valence-electron chi connectivity index (χ1n) is 22.2. The van der Waals surface area contributed by atoms with Crippen molar-refractivity contribution in [3.63, 3.8) is 0 Å². The van der Waals surface area contributed by atoms with Crippen LogP contribution in [0.4, 0.5) is 0 Å². The average Bonchev–Trinajstić information content (AvgIpc) is 3.19. The van der Waals surface area contributed by atoms with Gasteiger partial charge in [-0.2, -0.15) is 0 Å². The Kier molecular flexibility index (Phi) is 20.3. The van der Waals surface area contributed by atoms with Gasteiger partial charge in [0, 0.05) is 56.3 Å². The molecule has 0 unspecified atom stereocenters. The summed E-state index contributed by atoms with van der Waals surface area (Å²) in [6.07, 6.45) is 2.29. The summed E-state index contributed by atoms with van der Waals surface area (Å²) in [6, 6.07) is 0. The molecule has 4 N–H and O–H groups in total. The zero-order valence-electron chi connectivity index (χ0n) is 39.6. The van der Waals surface area contributed by atoms with Crippen LogP contribution in [0.3, 0.4) is 0 Å². The van der Waals surface area contributed by atoms with Crippen LogP contribution in [0.1, 0.15) is 120 Å². The minimum absolute atomic E-state index is 0.0608. The normalized spacial score (nSPS) is 30.9. The molecule has 11 atom stereocenters. The van der Waals surface area contributed by atoms with Crippen LogP contribution in [-0.4, -0.2) is 131 Å². The molecule has 0 saturated carbocycles. The molecular weight excluding hydrogens is 849 g/mol. The van der Waals surface area contributed by atoms with Gasteiger partial charge in [-0.3, -0.25) is 9.59 Å². The highest BCUT2D eigenvalue weighted by Crippen LogP contribution is 2.49. The highest BCUT2D eigenvalue weighted by Gasteiger charge is 2.59. The third kappa shape index (κ3) is 15.4. The van der Waals surface area contributed by atoms with E-state index in [4.69, 9.17) is 37.9 Å². The number of allylic oxidation sites excluding steroid dienone is 3. The number of methoxy groups -OCH3 is 2. The molecule has 3 aliphatic heterocycles. The minimum Gasteiger partial charge on any atom is -0.466 e. The molecule has 0 aliphatic carbocycles. The van der Waals surface area contributed by atoms with Crippen molar-refractivity contribution >= 4 is 29.8 Å². The second-order valence-electron chi connectivity index (χ2n) is 18.7. The number of unbranched alkanes of at least 4 members (excludes halogenated alkanes) is 1. The van der Waals surface area contributed by atoms with E-state index >= 15 is 0 Å². The quantitative estimate of drug-likeness (QED) is 0.0442. The fourth-order valence-electron chi connectivity index (χ4n) is 8.21. The Morgan fingerprint density at radius 1 is 0.892 bits per heavy atom. The number of carbonyl (C=O) groups excluding carboxylic acids is 5. The van der Waals surface area contributed by atoms with Gasteiger partial charge in [-0.25, -0.2) is 14.4 Å². The molecule has 3 heterocycles. The summed E-state index contributed by atoms with van der Waals surface area (Å²) < 4.78 is 45.5. The highest BCUT2D eigenvalue weighted by atomic mass is 16.7. The van der Waals surface area contributed by atoms with Crippen LogP contribution in [0, 0.1) is 10.8 Å². The molecule has 3 fully saturated rings. The van der Waals surface area contributed by atoms with Gasteiger partial charge in [-0.1, -0.05) is 77.8 Å². The van der Waals surface area contributed by atoms with Crippen molar-refractivity contribution in [3.8, 4) is 0 Å². The number of rotatable bonds is 19. The van der Waals surface area contributed by atoms with E-state index < -0.39 is 114 Å². The monoisotopic (exact) mass is 920 g/mol. The molecule has 0 aromatic carbocycles. The van der Waals surface area contributed by atoms with Crippen LogP contribution in [0.25, 0.3) is 0 Å². The Morgan fingerprint density at radius 3 is 2.14 bits per heavy atom. The fourth-order valence-corrected chi connectivity index (χ4v) is 8.21. The van der Waals surface area contributed by atoms with Gasteiger partial charge in [0.05, 0.1) is 62.7 Å². The van der Waals surface area contributed by atoms with Gasteiger partial charge >= 0.3 is 29.8 Å². The summed E-state index contributed by atoms with van der Waals surface area (Å²) in [6.45, 7) is 16.8. The topological polar surface area (TPSA) is 240 Å². The second kappa shape index (κ2) is 24.0. The lowest BCUT2D eigenvalue weighted by Crippen LogP contribution is -2.62. The first-order chi connectivity index (χ1) is 30.3. The Hall–Kier alpha value is -4.23. The first kappa shape index (κ1) is 55.1. The van der Waals surface area contributed by atoms with Crippen molar-refractivity contribution in [3.05, 3.63) is 60.3 Å². The summed E-state index contributed by atoms with van der Waals surface area (Å²) in [4.78, 5) is 63.4. The molecule has 65 heavy (non-hydrogen) atoms. The SMILES string of the molecule is C=C[C@H]1C/C(=C\C(=O)OC)C[C@@H](C[C@]2(O)O[C@H](C[C@@H](O)CC(=O)O[C@H](C[C@@H]3C/C(=C\C(=O)OC)[C@H](OC(=O)/C=C/C=C/CCC)[C@](O)(C(C)(C)C)O3)[C@@H](C)O)C[C@H](OC(C)=O)C2(C)C)O1. The molecule has 0 radical (unpaired) electrons. The predicted molar refractivity (Wildman–Crippen MR) is 235 cm³/mol. The summed E-state index contributed by atoms with van der Waals surface area (Å²) in [5.41, 5.74) is -1.45. The molecule has 17 heteroatoms. The van der Waals surface area contributed by atoms with E-state index in [1.807, 2.05) is 13.0 Å². The molecule has 0 aromatic rings. The molecule has 3 rings (SSSR count). The fraction of sp³-hybridized carbons (Fsp3) is 0.688. The van der Waals surface area contributed by atoms with Crippen molar-refractivity contribution in [2.75, 3.05) is 14.2 Å². The number of carbonyl (C=O) groups is 5. The lowest BCUT2D eigenvalue weighted by molar-refractivity contribution is -0.348. The number of hydrogen-bond donors (Lipinski definition) is 4. The Bertz CT molecular complexity index is 1790. The Morgan fingerprint density at radius 2 is 1.55 bits per heavy atom. The van der Waals surface area contributed by atoms with Gasteiger partial charge in [-0.05, 0) is 38.2 Å². The average molecular weight is 921 g/mol. The van der Waals surface area contributed by atoms with Crippen LogP contribution in [-0.2, 0) is 61.9 Å². The standard InChI is InChI=1S/C48H72O17/c1-12-14-15-16-17-18-40(52)63-44-32(23-42(54)59-11)22-35(65-48(44,57)45(5,6)7)26-38(29(3)49)62-43(55)25-33(51)24-36-27-39(60-30(4)50)46(8,9)47(56,64-36)28-37-20-31(21-41(53)58-10)19-34(13-2)61-37/h13,15-18,21,23,29,33-39,44,49,51,56-57H,2,12,14,19-20,22,24-28H2,1,3-11H3/b16-15+,18-17+,31-21+,32-23+/t29-,33-,34+,35+,36-,37+,38-,39+,44+,47+,48-/m1/s1. The van der Waals surface area contributed by atoms with Gasteiger partial charge in [0.15, 0.2) is 11.9 Å². The molecule has 3 saturated heterocycles. The van der Waals surface area contributed by atoms with E-state index in [0.717, 1.165) is 24.5 Å². The third-order valence-electron chi connectivity index (χ3n) is 12.1. The zero-order valence-corrected chi connectivity index (χ0v) is 39.6. The zero-order chi connectivity index (χ0) is 48.9. The highest BCUT2D eigenvalue weighted by molar-refractivity contribution is 5.84. The Balaban J connectivity index is 1.80. The molecule has 366 valence electrons. The van der Waals surface area contributed by atoms with Crippen molar-refractivity contribution in [1.82, 2.24) is 0 Å². The number of ether oxygens (including phenoxy) is 8. The molecule has 0 aromatic heterocycles. The molecule has 3 aliphatic rings. The molecule has 17 nitrogen and oxygen atoms in total. The summed E-state index contributed by atoms with van der Waals surface area (Å²) in [5, 5.41) is 46.5. The van der Waals surface area contributed by atoms with E-state index in [2.05, 4.69) is 6.58 Å². The number of esters is 5. The lowest BCUT2D eigenvalue weighted by Gasteiger charge is -2.53. The third-order valence-corrected chi connectivity index (χ3v) is 12.1. The van der Waals surface area contributed by atoms with Crippen molar-refractivity contribution in [2.45, 2.75) is 186 Å². The van der Waals surface area contributed by atoms with E-state index in [1.54, 1.807) is 46.8 Å². The van der Waals surface area contributed by atoms with Crippen LogP contribution in [0.5, 0.6) is 0 Å². The van der Waals surface area contributed by atoms with E-state index in [9.17, 15) is 44.4 Å². The molecule has 0 bridgehead atoms. The maximum atomic E-state index is 13.4. The number of aliphatic hydroxyl groups is 4. The summed E-state index contributed by atoms with van der Waals surface area (Å²) >= 11 is 0. The van der Waals surface area contributed by atoms with Gasteiger partial charge in [0.2, 0.25) is 5.79 Å². The molecular formula is C48H72O17. The van der Waals surface area contributed by atoms with Gasteiger partial charge in [0.25, 0.3) is 0 Å². The van der Waals surface area contributed by atoms with E-state index in [0.29, 0.717) is 6.42 Å². The molecule has 0 spiro atoms. The smallest absolute Gasteiger partial charge is 0.331 e. The Labute approximate surface area is 382 Å². The maximum absolute atomic E-state index is 13.4. The van der Waals surface area contributed by atoms with Gasteiger partial charge in [0.1, 0.15) is 12.2 Å². The van der Waals surface area contributed by atoms with Crippen LogP contribution < -0.4 is 0 Å². The predicted octanol–water partition coefficient (Wildman–Crippen LogP) is 4.92. The van der Waals surface area contributed by atoms with Gasteiger partial charge < -0.3 is 58.3 Å². The maximum Gasteiger partial charge on any atom is 0.331 e.